The summed E-state index contributed by atoms with van der Waals surface area (Å²) < 4.78 is 0. The molecule has 2 aromatic rings. The number of benzene rings is 1. The molecule has 0 spiro atoms. The molecule has 18 heavy (non-hydrogen) atoms. The summed E-state index contributed by atoms with van der Waals surface area (Å²) in [6.07, 6.45) is 1.55. The Labute approximate surface area is 113 Å². The lowest BCUT2D eigenvalue weighted by molar-refractivity contribution is 0.0951. The van der Waals surface area contributed by atoms with Gasteiger partial charge in [0.05, 0.1) is 16.8 Å². The molecule has 1 heterocycles. The van der Waals surface area contributed by atoms with Gasteiger partial charge in [0.2, 0.25) is 0 Å². The Kier molecular flexibility index (Phi) is 3.74. The molecule has 0 atom stereocenters. The van der Waals surface area contributed by atoms with Crippen LogP contribution in [0.3, 0.4) is 0 Å². The van der Waals surface area contributed by atoms with E-state index in [9.17, 15) is 4.79 Å². The zero-order valence-electron chi connectivity index (χ0n) is 9.21. The zero-order valence-corrected chi connectivity index (χ0v) is 10.7. The first-order valence-corrected chi connectivity index (χ1v) is 5.84. The van der Waals surface area contributed by atoms with E-state index < -0.39 is 0 Å². The van der Waals surface area contributed by atoms with Crippen LogP contribution in [0.4, 0.5) is 5.82 Å². The van der Waals surface area contributed by atoms with E-state index in [4.69, 9.17) is 28.9 Å². The van der Waals surface area contributed by atoms with Crippen molar-refractivity contribution in [3.05, 3.63) is 45.6 Å². The van der Waals surface area contributed by atoms with Crippen molar-refractivity contribution >= 4 is 34.9 Å². The molecular formula is C11H10Cl2N4O. The van der Waals surface area contributed by atoms with E-state index in [1.165, 1.54) is 6.07 Å². The SMILES string of the molecule is Nc1[nH]ncc1CNC(=O)c1cc(Cl)ccc1Cl. The number of anilines is 1. The molecule has 7 heteroatoms. The maximum absolute atomic E-state index is 11.9. The number of halogens is 2. The van der Waals surface area contributed by atoms with Crippen LogP contribution in [0.15, 0.2) is 24.4 Å². The highest BCUT2D eigenvalue weighted by Gasteiger charge is 2.11. The summed E-state index contributed by atoms with van der Waals surface area (Å²) in [6.45, 7) is 0.268. The summed E-state index contributed by atoms with van der Waals surface area (Å²) in [4.78, 5) is 11.9. The molecule has 0 aliphatic carbocycles. The molecular weight excluding hydrogens is 275 g/mol. The van der Waals surface area contributed by atoms with Crippen molar-refractivity contribution in [1.29, 1.82) is 0 Å². The van der Waals surface area contributed by atoms with Gasteiger partial charge in [0.15, 0.2) is 0 Å². The molecule has 5 nitrogen and oxygen atoms in total. The van der Waals surface area contributed by atoms with E-state index in [1.807, 2.05) is 0 Å². The number of hydrogen-bond donors (Lipinski definition) is 3. The lowest BCUT2D eigenvalue weighted by Crippen LogP contribution is -2.23. The van der Waals surface area contributed by atoms with Crippen LogP contribution in [0.5, 0.6) is 0 Å². The van der Waals surface area contributed by atoms with Gasteiger partial charge in [-0.05, 0) is 18.2 Å². The summed E-state index contributed by atoms with van der Waals surface area (Å²) >= 11 is 11.7. The first kappa shape index (κ1) is 12.7. The second kappa shape index (κ2) is 5.29. The van der Waals surface area contributed by atoms with Crippen LogP contribution >= 0.6 is 23.2 Å². The molecule has 0 radical (unpaired) electrons. The first-order valence-electron chi connectivity index (χ1n) is 5.09. The topological polar surface area (TPSA) is 83.8 Å². The van der Waals surface area contributed by atoms with Crippen molar-refractivity contribution in [1.82, 2.24) is 15.5 Å². The monoisotopic (exact) mass is 284 g/mol. The van der Waals surface area contributed by atoms with E-state index in [0.29, 0.717) is 27.0 Å². The number of H-pyrrole nitrogens is 1. The van der Waals surface area contributed by atoms with Gasteiger partial charge in [-0.1, -0.05) is 23.2 Å². The standard InChI is InChI=1S/C11H10Cl2N4O/c12-7-1-2-9(13)8(3-7)11(18)15-4-6-5-16-17-10(6)14/h1-3,5H,4H2,(H,15,18)(H3,14,16,17). The Bertz CT molecular complexity index is 582. The molecule has 0 aliphatic rings. The molecule has 1 amide bonds. The maximum Gasteiger partial charge on any atom is 0.253 e. The Hall–Kier alpha value is -1.72. The third-order valence-corrected chi connectivity index (χ3v) is 2.93. The smallest absolute Gasteiger partial charge is 0.253 e. The lowest BCUT2D eigenvalue weighted by Gasteiger charge is -2.06. The Morgan fingerprint density at radius 3 is 2.89 bits per heavy atom. The number of carbonyl (C=O) groups is 1. The normalized spacial score (nSPS) is 10.3. The van der Waals surface area contributed by atoms with Crippen molar-refractivity contribution < 1.29 is 4.79 Å². The summed E-state index contributed by atoms with van der Waals surface area (Å²) in [5.74, 6) is 0.107. The molecule has 1 aromatic heterocycles. The highest BCUT2D eigenvalue weighted by molar-refractivity contribution is 6.35. The second-order valence-electron chi connectivity index (χ2n) is 3.62. The van der Waals surface area contributed by atoms with Crippen LogP contribution in [-0.2, 0) is 6.54 Å². The van der Waals surface area contributed by atoms with E-state index in [1.54, 1.807) is 18.3 Å². The molecule has 2 rings (SSSR count). The molecule has 4 N–H and O–H groups in total. The van der Waals surface area contributed by atoms with E-state index in [2.05, 4.69) is 15.5 Å². The van der Waals surface area contributed by atoms with E-state index in [-0.39, 0.29) is 12.5 Å². The van der Waals surface area contributed by atoms with Crippen LogP contribution in [0.1, 0.15) is 15.9 Å². The van der Waals surface area contributed by atoms with Crippen molar-refractivity contribution in [3.63, 3.8) is 0 Å². The van der Waals surface area contributed by atoms with Gasteiger partial charge in [0, 0.05) is 17.1 Å². The van der Waals surface area contributed by atoms with Gasteiger partial charge < -0.3 is 11.1 Å². The molecule has 94 valence electrons. The average Bonchev–Trinajstić information content (AvgIpc) is 2.75. The van der Waals surface area contributed by atoms with Crippen molar-refractivity contribution in [2.45, 2.75) is 6.54 Å². The number of aromatic amines is 1. The van der Waals surface area contributed by atoms with Crippen molar-refractivity contribution in [3.8, 4) is 0 Å². The maximum atomic E-state index is 11.9. The Balaban J connectivity index is 2.08. The van der Waals surface area contributed by atoms with Crippen LogP contribution in [0, 0.1) is 0 Å². The third kappa shape index (κ3) is 2.75. The van der Waals surface area contributed by atoms with Gasteiger partial charge in [-0.2, -0.15) is 5.10 Å². The third-order valence-electron chi connectivity index (χ3n) is 2.36. The van der Waals surface area contributed by atoms with E-state index in [0.717, 1.165) is 0 Å². The van der Waals surface area contributed by atoms with Gasteiger partial charge in [-0.3, -0.25) is 9.89 Å². The highest BCUT2D eigenvalue weighted by Crippen LogP contribution is 2.20. The number of hydrogen-bond acceptors (Lipinski definition) is 3. The predicted molar refractivity (Wildman–Crippen MR) is 70.6 cm³/mol. The van der Waals surface area contributed by atoms with Gasteiger partial charge in [0.25, 0.3) is 5.91 Å². The Morgan fingerprint density at radius 1 is 1.44 bits per heavy atom. The van der Waals surface area contributed by atoms with Crippen molar-refractivity contribution in [2.75, 3.05) is 5.73 Å². The fraction of sp³-hybridized carbons (Fsp3) is 0.0909. The van der Waals surface area contributed by atoms with Gasteiger partial charge in [-0.25, -0.2) is 0 Å². The molecule has 0 fully saturated rings. The minimum atomic E-state index is -0.317. The summed E-state index contributed by atoms with van der Waals surface area (Å²) in [5.41, 5.74) is 6.64. The fourth-order valence-electron chi connectivity index (χ4n) is 1.40. The quantitative estimate of drug-likeness (QED) is 0.808. The molecule has 0 bridgehead atoms. The number of nitrogens with two attached hydrogens (primary N) is 1. The molecule has 0 aliphatic heterocycles. The number of carbonyl (C=O) groups excluding carboxylic acids is 1. The summed E-state index contributed by atoms with van der Waals surface area (Å²) in [5, 5.41) is 9.82. The number of nitrogen functional groups attached to an aromatic ring is 1. The van der Waals surface area contributed by atoms with Gasteiger partial charge >= 0.3 is 0 Å². The van der Waals surface area contributed by atoms with Crippen LogP contribution < -0.4 is 11.1 Å². The average molecular weight is 285 g/mol. The number of amides is 1. The van der Waals surface area contributed by atoms with Crippen LogP contribution in [0.2, 0.25) is 10.0 Å². The predicted octanol–water partition coefficient (Wildman–Crippen LogP) is 2.23. The Morgan fingerprint density at radius 2 is 2.22 bits per heavy atom. The molecule has 1 aromatic carbocycles. The minimum absolute atomic E-state index is 0.268. The molecule has 0 saturated carbocycles. The number of rotatable bonds is 3. The minimum Gasteiger partial charge on any atom is -0.384 e. The number of nitrogens with zero attached hydrogens (tertiary/aromatic N) is 1. The van der Waals surface area contributed by atoms with Crippen LogP contribution in [0.25, 0.3) is 0 Å². The first-order chi connectivity index (χ1) is 8.58. The van der Waals surface area contributed by atoms with Crippen LogP contribution in [-0.4, -0.2) is 16.1 Å². The zero-order chi connectivity index (χ0) is 13.1. The largest absolute Gasteiger partial charge is 0.384 e. The second-order valence-corrected chi connectivity index (χ2v) is 4.46. The van der Waals surface area contributed by atoms with Gasteiger partial charge in [0.1, 0.15) is 5.82 Å². The summed E-state index contributed by atoms with van der Waals surface area (Å²) in [6, 6.07) is 4.71. The fourth-order valence-corrected chi connectivity index (χ4v) is 1.78. The molecule has 0 saturated heterocycles. The van der Waals surface area contributed by atoms with Crippen molar-refractivity contribution in [2.24, 2.45) is 0 Å². The molecule has 0 unspecified atom stereocenters. The number of aromatic nitrogens is 2. The lowest BCUT2D eigenvalue weighted by atomic mass is 10.2. The van der Waals surface area contributed by atoms with Gasteiger partial charge in [-0.15, -0.1) is 0 Å². The highest BCUT2D eigenvalue weighted by atomic mass is 35.5. The number of nitrogens with one attached hydrogen (secondary N) is 2. The summed E-state index contributed by atoms with van der Waals surface area (Å²) in [7, 11) is 0. The van der Waals surface area contributed by atoms with E-state index >= 15 is 0 Å².